The Balaban J connectivity index is 1.93. The van der Waals surface area contributed by atoms with Crippen LogP contribution in [0, 0.1) is 0 Å². The molecule has 0 bridgehead atoms. The van der Waals surface area contributed by atoms with Crippen molar-refractivity contribution in [2.24, 2.45) is 0 Å². The number of amides is 1. The fourth-order valence-corrected chi connectivity index (χ4v) is 3.00. The third-order valence-electron chi connectivity index (χ3n) is 4.12. The number of halogens is 3. The summed E-state index contributed by atoms with van der Waals surface area (Å²) in [5, 5.41) is 0. The summed E-state index contributed by atoms with van der Waals surface area (Å²) >= 11 is 0. The predicted octanol–water partition coefficient (Wildman–Crippen LogP) is 4.60. The van der Waals surface area contributed by atoms with E-state index in [0.29, 0.717) is 12.1 Å². The molecule has 0 spiro atoms. The smallest absolute Gasteiger partial charge is 0.434 e. The third-order valence-corrected chi connectivity index (χ3v) is 4.12. The maximum Gasteiger partial charge on any atom is 0.434 e. The average molecular weight is 379 g/mol. The van der Waals surface area contributed by atoms with Crippen molar-refractivity contribution in [3.05, 3.63) is 47.3 Å². The fraction of sp³-hybridized carbons (Fsp3) is 0.368. The van der Waals surface area contributed by atoms with E-state index in [9.17, 15) is 18.0 Å². The van der Waals surface area contributed by atoms with E-state index < -0.39 is 23.6 Å². The molecule has 2 heterocycles. The number of hydrogen-bond donors (Lipinski definition) is 1. The number of nitrogen functional groups attached to an aromatic ring is 1. The van der Waals surface area contributed by atoms with Crippen LogP contribution in [0.2, 0.25) is 0 Å². The van der Waals surface area contributed by atoms with Crippen molar-refractivity contribution in [2.75, 3.05) is 5.73 Å². The van der Waals surface area contributed by atoms with Gasteiger partial charge in [-0.2, -0.15) is 13.2 Å². The summed E-state index contributed by atoms with van der Waals surface area (Å²) in [6.07, 6.45) is -4.04. The summed E-state index contributed by atoms with van der Waals surface area (Å²) < 4.78 is 45.3. The van der Waals surface area contributed by atoms with Crippen molar-refractivity contribution >= 4 is 11.8 Å². The Morgan fingerprint density at radius 1 is 1.15 bits per heavy atom. The lowest BCUT2D eigenvalue weighted by Gasteiger charge is -2.24. The molecule has 144 valence electrons. The van der Waals surface area contributed by atoms with Gasteiger partial charge in [-0.25, -0.2) is 4.79 Å². The first-order valence-electron chi connectivity index (χ1n) is 8.37. The van der Waals surface area contributed by atoms with E-state index in [1.54, 1.807) is 39.0 Å². The highest BCUT2D eigenvalue weighted by molar-refractivity contribution is 5.79. The molecule has 0 unspecified atom stereocenters. The minimum Gasteiger partial charge on any atom is -0.444 e. The van der Waals surface area contributed by atoms with Crippen molar-refractivity contribution in [2.45, 2.75) is 45.6 Å². The molecule has 1 aliphatic heterocycles. The molecule has 27 heavy (non-hydrogen) atoms. The van der Waals surface area contributed by atoms with E-state index in [4.69, 9.17) is 10.5 Å². The zero-order chi connectivity index (χ0) is 20.0. The molecule has 0 aliphatic carbocycles. The number of alkyl halides is 3. The van der Waals surface area contributed by atoms with Crippen LogP contribution in [0.25, 0.3) is 11.1 Å². The Labute approximate surface area is 154 Å². The second-order valence-electron chi connectivity index (χ2n) is 7.44. The monoisotopic (exact) mass is 379 g/mol. The highest BCUT2D eigenvalue weighted by Gasteiger charge is 2.37. The van der Waals surface area contributed by atoms with Gasteiger partial charge in [-0.3, -0.25) is 9.88 Å². The summed E-state index contributed by atoms with van der Waals surface area (Å²) in [5.74, 6) is 0. The van der Waals surface area contributed by atoms with E-state index in [1.807, 2.05) is 0 Å². The summed E-state index contributed by atoms with van der Waals surface area (Å²) in [6.45, 7) is 5.93. The minimum atomic E-state index is -4.62. The van der Waals surface area contributed by atoms with Crippen molar-refractivity contribution in [1.29, 1.82) is 0 Å². The van der Waals surface area contributed by atoms with Crippen LogP contribution in [-0.2, 0) is 24.0 Å². The number of anilines is 1. The van der Waals surface area contributed by atoms with Crippen LogP contribution in [0.5, 0.6) is 0 Å². The molecule has 0 radical (unpaired) electrons. The molecule has 5 nitrogen and oxygen atoms in total. The predicted molar refractivity (Wildman–Crippen MR) is 94.6 cm³/mol. The maximum absolute atomic E-state index is 13.3. The lowest BCUT2D eigenvalue weighted by atomic mass is 9.98. The van der Waals surface area contributed by atoms with Gasteiger partial charge in [-0.05, 0) is 49.6 Å². The second kappa shape index (κ2) is 6.44. The molecular formula is C19H20F3N3O2. The minimum absolute atomic E-state index is 0.000676. The van der Waals surface area contributed by atoms with Gasteiger partial charge in [0.1, 0.15) is 5.60 Å². The lowest BCUT2D eigenvalue weighted by Crippen LogP contribution is -2.33. The van der Waals surface area contributed by atoms with Crippen molar-refractivity contribution in [3.8, 4) is 11.1 Å². The van der Waals surface area contributed by atoms with Gasteiger partial charge in [0.05, 0.1) is 0 Å². The first-order chi connectivity index (χ1) is 12.5. The van der Waals surface area contributed by atoms with E-state index in [1.165, 1.54) is 11.0 Å². The van der Waals surface area contributed by atoms with Gasteiger partial charge in [0.25, 0.3) is 0 Å². The van der Waals surface area contributed by atoms with Gasteiger partial charge in [0.15, 0.2) is 5.69 Å². The van der Waals surface area contributed by atoms with Crippen molar-refractivity contribution < 1.29 is 22.7 Å². The average Bonchev–Trinajstić information content (AvgIpc) is 2.95. The maximum atomic E-state index is 13.3. The largest absolute Gasteiger partial charge is 0.444 e. The number of nitrogens with zero attached hydrogens (tertiary/aromatic N) is 2. The summed E-state index contributed by atoms with van der Waals surface area (Å²) in [4.78, 5) is 17.2. The van der Waals surface area contributed by atoms with Crippen LogP contribution in [0.15, 0.2) is 30.5 Å². The van der Waals surface area contributed by atoms with Crippen LogP contribution in [-0.4, -0.2) is 21.6 Å². The first kappa shape index (κ1) is 19.0. The number of aromatic nitrogens is 1. The molecular weight excluding hydrogens is 359 g/mol. The molecule has 3 rings (SSSR count). The van der Waals surface area contributed by atoms with E-state index in [2.05, 4.69) is 4.98 Å². The number of hydrogen-bond acceptors (Lipinski definition) is 4. The molecule has 0 fully saturated rings. The topological polar surface area (TPSA) is 68.5 Å². The fourth-order valence-electron chi connectivity index (χ4n) is 3.00. The number of carbonyl (C=O) groups excluding carboxylic acids is 1. The van der Waals surface area contributed by atoms with Gasteiger partial charge < -0.3 is 10.5 Å². The van der Waals surface area contributed by atoms with Gasteiger partial charge >= 0.3 is 12.3 Å². The van der Waals surface area contributed by atoms with Crippen LogP contribution < -0.4 is 5.73 Å². The summed E-state index contributed by atoms with van der Waals surface area (Å²) in [7, 11) is 0. The summed E-state index contributed by atoms with van der Waals surface area (Å²) in [5.41, 5.74) is 5.96. The molecule has 1 amide bonds. The van der Waals surface area contributed by atoms with Crippen LogP contribution in [0.3, 0.4) is 0 Å². The number of ether oxygens (including phenoxy) is 1. The molecule has 2 N–H and O–H groups in total. The number of carbonyl (C=O) groups is 1. The molecule has 1 aromatic carbocycles. The molecule has 2 aromatic rings. The van der Waals surface area contributed by atoms with Gasteiger partial charge in [0.2, 0.25) is 0 Å². The van der Waals surface area contributed by atoms with Crippen LogP contribution >= 0.6 is 0 Å². The number of fused-ring (bicyclic) bond motifs is 1. The number of nitrogens with two attached hydrogens (primary N) is 1. The van der Waals surface area contributed by atoms with Gasteiger partial charge in [-0.1, -0.05) is 12.1 Å². The number of benzene rings is 1. The SMILES string of the molecule is CC(C)(C)OC(=O)N1Cc2ccc(-c3c(N)ccnc3C(F)(F)F)cc2C1. The molecule has 8 heteroatoms. The number of pyridine rings is 1. The highest BCUT2D eigenvalue weighted by Crippen LogP contribution is 2.40. The Bertz CT molecular complexity index is 889. The van der Waals surface area contributed by atoms with Crippen molar-refractivity contribution in [3.63, 3.8) is 0 Å². The van der Waals surface area contributed by atoms with Crippen LogP contribution in [0.1, 0.15) is 37.6 Å². The molecule has 0 saturated heterocycles. The summed E-state index contributed by atoms with van der Waals surface area (Å²) in [6, 6.07) is 6.24. The third kappa shape index (κ3) is 3.99. The zero-order valence-corrected chi connectivity index (χ0v) is 15.2. The highest BCUT2D eigenvalue weighted by atomic mass is 19.4. The van der Waals surface area contributed by atoms with Crippen LogP contribution in [0.4, 0.5) is 23.7 Å². The van der Waals surface area contributed by atoms with Gasteiger partial charge in [0, 0.05) is 30.5 Å². The van der Waals surface area contributed by atoms with Crippen molar-refractivity contribution in [1.82, 2.24) is 9.88 Å². The molecule has 0 atom stereocenters. The quantitative estimate of drug-likeness (QED) is 0.786. The molecule has 1 aromatic heterocycles. The lowest BCUT2D eigenvalue weighted by molar-refractivity contribution is -0.140. The Kier molecular flexibility index (Phi) is 4.53. The first-order valence-corrected chi connectivity index (χ1v) is 8.37. The Morgan fingerprint density at radius 2 is 1.81 bits per heavy atom. The van der Waals surface area contributed by atoms with E-state index >= 15 is 0 Å². The number of rotatable bonds is 1. The standard InChI is InChI=1S/C19H20F3N3O2/c1-18(2,3)27-17(26)25-9-12-5-4-11(8-13(12)10-25)15-14(23)6-7-24-16(15)19(20,21)22/h4-8H,9-10H2,1-3H3,(H2,23,24). The van der Waals surface area contributed by atoms with Gasteiger partial charge in [-0.15, -0.1) is 0 Å². The Hall–Kier alpha value is -2.77. The van der Waals surface area contributed by atoms with E-state index in [-0.39, 0.29) is 17.8 Å². The normalized spacial score (nSPS) is 14.2. The molecule has 0 saturated carbocycles. The second-order valence-corrected chi connectivity index (χ2v) is 7.44. The molecule has 1 aliphatic rings. The zero-order valence-electron chi connectivity index (χ0n) is 15.2. The Morgan fingerprint density at radius 3 is 2.44 bits per heavy atom. The van der Waals surface area contributed by atoms with E-state index in [0.717, 1.165) is 17.3 Å².